The summed E-state index contributed by atoms with van der Waals surface area (Å²) < 4.78 is 11.2. The van der Waals surface area contributed by atoms with Crippen LogP contribution in [0.5, 0.6) is 5.75 Å². The molecule has 0 radical (unpaired) electrons. The molecule has 5 heteroatoms. The summed E-state index contributed by atoms with van der Waals surface area (Å²) in [7, 11) is 0. The summed E-state index contributed by atoms with van der Waals surface area (Å²) >= 11 is 0. The number of carbonyl (C=O) groups excluding carboxylic acids is 1. The van der Waals surface area contributed by atoms with Crippen molar-refractivity contribution in [1.82, 2.24) is 10.3 Å². The van der Waals surface area contributed by atoms with Crippen LogP contribution in [0.15, 0.2) is 77.2 Å². The number of aromatic nitrogens is 1. The number of amides is 1. The fraction of sp³-hybridized carbons (Fsp3) is 0.130. The van der Waals surface area contributed by atoms with Crippen LogP contribution in [0.3, 0.4) is 0 Å². The summed E-state index contributed by atoms with van der Waals surface area (Å²) in [6.45, 7) is 2.92. The SMILES string of the molecule is CCOc1cccc(C(=O)NCc2ccc(-c3nc4ccccc4o3)cc2)c1. The lowest BCUT2D eigenvalue weighted by atomic mass is 10.1. The molecule has 0 aliphatic carbocycles. The van der Waals surface area contributed by atoms with Crippen molar-refractivity contribution in [1.29, 1.82) is 0 Å². The molecule has 0 fully saturated rings. The van der Waals surface area contributed by atoms with Gasteiger partial charge in [-0.1, -0.05) is 30.3 Å². The normalized spacial score (nSPS) is 10.8. The number of nitrogens with one attached hydrogen (secondary N) is 1. The monoisotopic (exact) mass is 372 g/mol. The summed E-state index contributed by atoms with van der Waals surface area (Å²) in [5, 5.41) is 2.93. The number of hydrogen-bond donors (Lipinski definition) is 1. The van der Waals surface area contributed by atoms with Crippen LogP contribution >= 0.6 is 0 Å². The van der Waals surface area contributed by atoms with Crippen molar-refractivity contribution in [2.45, 2.75) is 13.5 Å². The molecule has 1 heterocycles. The van der Waals surface area contributed by atoms with Crippen molar-refractivity contribution in [2.24, 2.45) is 0 Å². The van der Waals surface area contributed by atoms with Gasteiger partial charge in [0.25, 0.3) is 5.91 Å². The number of fused-ring (bicyclic) bond motifs is 1. The highest BCUT2D eigenvalue weighted by atomic mass is 16.5. The van der Waals surface area contributed by atoms with Gasteiger partial charge in [-0.3, -0.25) is 4.79 Å². The Bertz CT molecular complexity index is 1070. The second kappa shape index (κ2) is 7.96. The molecule has 4 aromatic rings. The van der Waals surface area contributed by atoms with Gasteiger partial charge in [-0.05, 0) is 55.0 Å². The second-order valence-corrected chi connectivity index (χ2v) is 6.33. The topological polar surface area (TPSA) is 64.4 Å². The molecule has 0 aliphatic heterocycles. The number of para-hydroxylation sites is 2. The molecule has 28 heavy (non-hydrogen) atoms. The molecule has 0 saturated heterocycles. The van der Waals surface area contributed by atoms with Crippen LogP contribution in [0.1, 0.15) is 22.8 Å². The Morgan fingerprint density at radius 2 is 1.86 bits per heavy atom. The van der Waals surface area contributed by atoms with E-state index in [4.69, 9.17) is 9.15 Å². The van der Waals surface area contributed by atoms with Gasteiger partial charge < -0.3 is 14.5 Å². The summed E-state index contributed by atoms with van der Waals surface area (Å²) in [6.07, 6.45) is 0. The van der Waals surface area contributed by atoms with E-state index in [1.54, 1.807) is 12.1 Å². The van der Waals surface area contributed by atoms with Crippen molar-refractivity contribution in [3.63, 3.8) is 0 Å². The van der Waals surface area contributed by atoms with Gasteiger partial charge in [0.2, 0.25) is 5.89 Å². The Morgan fingerprint density at radius 3 is 2.64 bits per heavy atom. The van der Waals surface area contributed by atoms with E-state index >= 15 is 0 Å². The van der Waals surface area contributed by atoms with Gasteiger partial charge in [0, 0.05) is 17.7 Å². The van der Waals surface area contributed by atoms with Crippen LogP contribution in [-0.4, -0.2) is 17.5 Å². The first-order valence-electron chi connectivity index (χ1n) is 9.19. The van der Waals surface area contributed by atoms with Crippen LogP contribution in [-0.2, 0) is 6.54 Å². The Morgan fingerprint density at radius 1 is 1.04 bits per heavy atom. The van der Waals surface area contributed by atoms with E-state index in [1.165, 1.54) is 0 Å². The molecular formula is C23H20N2O3. The maximum Gasteiger partial charge on any atom is 0.251 e. The lowest BCUT2D eigenvalue weighted by Crippen LogP contribution is -2.22. The Hall–Kier alpha value is -3.60. The number of rotatable bonds is 6. The molecule has 0 atom stereocenters. The standard InChI is InChI=1S/C23H20N2O3/c1-2-27-19-7-5-6-18(14-19)22(26)24-15-16-10-12-17(13-11-16)23-25-20-8-3-4-9-21(20)28-23/h3-14H,2,15H2,1H3,(H,24,26). The number of ether oxygens (including phenoxy) is 1. The lowest BCUT2D eigenvalue weighted by molar-refractivity contribution is 0.0950. The predicted molar refractivity (Wildman–Crippen MR) is 108 cm³/mol. The molecule has 1 aromatic heterocycles. The van der Waals surface area contributed by atoms with Crippen molar-refractivity contribution in [3.8, 4) is 17.2 Å². The van der Waals surface area contributed by atoms with Crippen LogP contribution < -0.4 is 10.1 Å². The van der Waals surface area contributed by atoms with Gasteiger partial charge in [0.15, 0.2) is 5.58 Å². The zero-order chi connectivity index (χ0) is 19.3. The zero-order valence-electron chi connectivity index (χ0n) is 15.5. The van der Waals surface area contributed by atoms with Crippen LogP contribution in [0.2, 0.25) is 0 Å². The number of carbonyl (C=O) groups is 1. The number of oxazole rings is 1. The number of benzene rings is 3. The molecular weight excluding hydrogens is 352 g/mol. The highest BCUT2D eigenvalue weighted by Gasteiger charge is 2.09. The van der Waals surface area contributed by atoms with E-state index in [1.807, 2.05) is 67.6 Å². The van der Waals surface area contributed by atoms with Gasteiger partial charge in [0.1, 0.15) is 11.3 Å². The Kier molecular flexibility index (Phi) is 5.06. The van der Waals surface area contributed by atoms with E-state index in [0.717, 1.165) is 22.2 Å². The third kappa shape index (κ3) is 3.88. The molecule has 1 amide bonds. The minimum Gasteiger partial charge on any atom is -0.494 e. The van der Waals surface area contributed by atoms with Crippen LogP contribution in [0, 0.1) is 0 Å². The molecule has 0 aliphatic rings. The molecule has 0 bridgehead atoms. The molecule has 1 N–H and O–H groups in total. The van der Waals surface area contributed by atoms with E-state index in [-0.39, 0.29) is 5.91 Å². The smallest absolute Gasteiger partial charge is 0.251 e. The van der Waals surface area contributed by atoms with Crippen LogP contribution in [0.25, 0.3) is 22.6 Å². The molecule has 140 valence electrons. The summed E-state index contributed by atoms with van der Waals surface area (Å²) in [5.74, 6) is 1.15. The third-order valence-electron chi connectivity index (χ3n) is 4.36. The van der Waals surface area contributed by atoms with Gasteiger partial charge in [-0.25, -0.2) is 4.98 Å². The Balaban J connectivity index is 1.42. The largest absolute Gasteiger partial charge is 0.494 e. The average Bonchev–Trinajstić information content (AvgIpc) is 3.17. The maximum atomic E-state index is 12.4. The molecule has 0 unspecified atom stereocenters. The summed E-state index contributed by atoms with van der Waals surface area (Å²) in [5.41, 5.74) is 4.07. The first kappa shape index (κ1) is 17.8. The van der Waals surface area contributed by atoms with Gasteiger partial charge in [-0.2, -0.15) is 0 Å². The fourth-order valence-electron chi connectivity index (χ4n) is 2.94. The van der Waals surface area contributed by atoms with E-state index < -0.39 is 0 Å². The number of hydrogen-bond acceptors (Lipinski definition) is 4. The first-order chi connectivity index (χ1) is 13.7. The van der Waals surface area contributed by atoms with E-state index in [0.29, 0.717) is 30.4 Å². The second-order valence-electron chi connectivity index (χ2n) is 6.33. The predicted octanol–water partition coefficient (Wildman–Crippen LogP) is 4.82. The highest BCUT2D eigenvalue weighted by Crippen LogP contribution is 2.24. The van der Waals surface area contributed by atoms with E-state index in [2.05, 4.69) is 10.3 Å². The Labute approximate surface area is 163 Å². The molecule has 0 spiro atoms. The van der Waals surface area contributed by atoms with Gasteiger partial charge in [-0.15, -0.1) is 0 Å². The third-order valence-corrected chi connectivity index (χ3v) is 4.36. The summed E-state index contributed by atoms with van der Waals surface area (Å²) in [6, 6.07) is 22.7. The minimum atomic E-state index is -0.135. The molecule has 4 rings (SSSR count). The van der Waals surface area contributed by atoms with E-state index in [9.17, 15) is 4.79 Å². The highest BCUT2D eigenvalue weighted by molar-refractivity contribution is 5.94. The molecule has 3 aromatic carbocycles. The van der Waals surface area contributed by atoms with Crippen LogP contribution in [0.4, 0.5) is 0 Å². The van der Waals surface area contributed by atoms with Crippen molar-refractivity contribution >= 4 is 17.0 Å². The van der Waals surface area contributed by atoms with Gasteiger partial charge >= 0.3 is 0 Å². The average molecular weight is 372 g/mol. The zero-order valence-corrected chi connectivity index (χ0v) is 15.5. The lowest BCUT2D eigenvalue weighted by Gasteiger charge is -2.08. The summed E-state index contributed by atoms with van der Waals surface area (Å²) in [4.78, 5) is 16.9. The van der Waals surface area contributed by atoms with Crippen molar-refractivity contribution in [3.05, 3.63) is 83.9 Å². The molecule has 0 saturated carbocycles. The first-order valence-corrected chi connectivity index (χ1v) is 9.19. The fourth-order valence-corrected chi connectivity index (χ4v) is 2.94. The van der Waals surface area contributed by atoms with Crippen molar-refractivity contribution in [2.75, 3.05) is 6.61 Å². The maximum absolute atomic E-state index is 12.4. The van der Waals surface area contributed by atoms with Crippen molar-refractivity contribution < 1.29 is 13.9 Å². The van der Waals surface area contributed by atoms with Gasteiger partial charge in [0.05, 0.1) is 6.61 Å². The quantitative estimate of drug-likeness (QED) is 0.527. The molecule has 5 nitrogen and oxygen atoms in total. The minimum absolute atomic E-state index is 0.135. The number of nitrogens with zero attached hydrogens (tertiary/aromatic N) is 1.